The minimum Gasteiger partial charge on any atom is -0.496 e. The number of carbonyl (C=O) groups excluding carboxylic acids is 1. The first-order valence-corrected chi connectivity index (χ1v) is 10.7. The van der Waals surface area contributed by atoms with E-state index in [2.05, 4.69) is 4.72 Å². The van der Waals surface area contributed by atoms with E-state index in [0.29, 0.717) is 36.9 Å². The second-order valence-corrected chi connectivity index (χ2v) is 8.08. The zero-order valence-corrected chi connectivity index (χ0v) is 16.8. The summed E-state index contributed by atoms with van der Waals surface area (Å²) in [5.41, 5.74) is 0.581. The van der Waals surface area contributed by atoms with Crippen LogP contribution in [0.3, 0.4) is 0 Å². The number of amides is 1. The molecule has 1 amide bonds. The summed E-state index contributed by atoms with van der Waals surface area (Å²) in [5, 5.41) is 0. The quantitative estimate of drug-likeness (QED) is 0.766. The number of likely N-dealkylation sites (tertiary alicyclic amines) is 1. The number of carbonyl (C=O) groups is 1. The molecular formula is C20H24N2O5S. The minimum absolute atomic E-state index is 0.0119. The van der Waals surface area contributed by atoms with E-state index in [4.69, 9.17) is 9.47 Å². The lowest BCUT2D eigenvalue weighted by atomic mass is 10.1. The van der Waals surface area contributed by atoms with Gasteiger partial charge in [-0.25, -0.2) is 8.42 Å². The molecule has 0 atom stereocenters. The number of benzene rings is 2. The van der Waals surface area contributed by atoms with Gasteiger partial charge in [-0.05, 0) is 50.1 Å². The van der Waals surface area contributed by atoms with E-state index in [1.807, 2.05) is 6.92 Å². The van der Waals surface area contributed by atoms with Crippen LogP contribution < -0.4 is 14.2 Å². The van der Waals surface area contributed by atoms with Crippen molar-refractivity contribution in [2.24, 2.45) is 0 Å². The average molecular weight is 404 g/mol. The molecule has 0 aliphatic carbocycles. The Bertz CT molecular complexity index is 953. The Kier molecular flexibility index (Phi) is 6.08. The van der Waals surface area contributed by atoms with Gasteiger partial charge in [0.05, 0.1) is 29.9 Å². The molecule has 7 nitrogen and oxygen atoms in total. The van der Waals surface area contributed by atoms with E-state index in [1.54, 1.807) is 29.2 Å². The molecule has 0 spiro atoms. The Balaban J connectivity index is 1.94. The van der Waals surface area contributed by atoms with E-state index in [1.165, 1.54) is 25.3 Å². The van der Waals surface area contributed by atoms with Crippen LogP contribution in [0.25, 0.3) is 0 Å². The van der Waals surface area contributed by atoms with Crippen molar-refractivity contribution in [3.05, 3.63) is 48.0 Å². The van der Waals surface area contributed by atoms with Gasteiger partial charge < -0.3 is 14.4 Å². The summed E-state index contributed by atoms with van der Waals surface area (Å²) in [5.74, 6) is 0.571. The lowest BCUT2D eigenvalue weighted by molar-refractivity contribution is 0.0789. The van der Waals surface area contributed by atoms with Crippen LogP contribution in [0.4, 0.5) is 5.69 Å². The lowest BCUT2D eigenvalue weighted by Crippen LogP contribution is -2.28. The van der Waals surface area contributed by atoms with Crippen molar-refractivity contribution in [3.63, 3.8) is 0 Å². The summed E-state index contributed by atoms with van der Waals surface area (Å²) in [6.07, 6.45) is 1.89. The maximum Gasteiger partial charge on any atom is 0.262 e. The Morgan fingerprint density at radius 1 is 1.11 bits per heavy atom. The number of para-hydroxylation sites is 2. The van der Waals surface area contributed by atoms with Crippen LogP contribution in [-0.4, -0.2) is 46.0 Å². The number of sulfonamides is 1. The first-order valence-electron chi connectivity index (χ1n) is 9.18. The molecule has 1 fully saturated rings. The lowest BCUT2D eigenvalue weighted by Gasteiger charge is -2.18. The van der Waals surface area contributed by atoms with Gasteiger partial charge in [0.15, 0.2) is 0 Å². The molecule has 150 valence electrons. The SMILES string of the molecule is CCOc1ccccc1NS(=O)(=O)c1ccc(OC)c(C(=O)N2CCCC2)c1. The zero-order valence-electron chi connectivity index (χ0n) is 16.0. The number of anilines is 1. The molecule has 3 rings (SSSR count). The smallest absolute Gasteiger partial charge is 0.262 e. The van der Waals surface area contributed by atoms with Crippen molar-refractivity contribution in [1.82, 2.24) is 4.90 Å². The summed E-state index contributed by atoms with van der Waals surface area (Å²) in [7, 11) is -2.46. The fourth-order valence-electron chi connectivity index (χ4n) is 3.15. The van der Waals surface area contributed by atoms with Gasteiger partial charge in [0, 0.05) is 13.1 Å². The number of nitrogens with zero attached hydrogens (tertiary/aromatic N) is 1. The molecule has 1 heterocycles. The molecule has 28 heavy (non-hydrogen) atoms. The highest BCUT2D eigenvalue weighted by atomic mass is 32.2. The third-order valence-electron chi connectivity index (χ3n) is 4.54. The molecule has 1 saturated heterocycles. The van der Waals surface area contributed by atoms with Gasteiger partial charge in [-0.2, -0.15) is 0 Å². The largest absolute Gasteiger partial charge is 0.496 e. The fraction of sp³-hybridized carbons (Fsp3) is 0.350. The van der Waals surface area contributed by atoms with Gasteiger partial charge in [-0.1, -0.05) is 12.1 Å². The van der Waals surface area contributed by atoms with Gasteiger partial charge in [0.2, 0.25) is 0 Å². The van der Waals surface area contributed by atoms with Crippen molar-refractivity contribution in [2.45, 2.75) is 24.7 Å². The number of hydrogen-bond donors (Lipinski definition) is 1. The van der Waals surface area contributed by atoms with Crippen molar-refractivity contribution < 1.29 is 22.7 Å². The molecule has 0 radical (unpaired) electrons. The fourth-order valence-corrected chi connectivity index (χ4v) is 4.24. The standard InChI is InChI=1S/C20H24N2O5S/c1-3-27-19-9-5-4-8-17(19)21-28(24,25)15-10-11-18(26-2)16(14-15)20(23)22-12-6-7-13-22/h4-5,8-11,14,21H,3,6-7,12-13H2,1-2H3. The summed E-state index contributed by atoms with van der Waals surface area (Å²) in [4.78, 5) is 14.5. The maximum absolute atomic E-state index is 12.9. The van der Waals surface area contributed by atoms with Crippen LogP contribution in [0.1, 0.15) is 30.1 Å². The van der Waals surface area contributed by atoms with Gasteiger partial charge in [0.25, 0.3) is 15.9 Å². The zero-order chi connectivity index (χ0) is 20.1. The first-order chi connectivity index (χ1) is 13.5. The topological polar surface area (TPSA) is 84.9 Å². The van der Waals surface area contributed by atoms with Gasteiger partial charge in [-0.3, -0.25) is 9.52 Å². The van der Waals surface area contributed by atoms with Crippen molar-refractivity contribution in [2.75, 3.05) is 31.5 Å². The van der Waals surface area contributed by atoms with E-state index >= 15 is 0 Å². The molecule has 0 unspecified atom stereocenters. The summed E-state index contributed by atoms with van der Waals surface area (Å²) < 4.78 is 39.1. The van der Waals surface area contributed by atoms with Crippen LogP contribution in [0.2, 0.25) is 0 Å². The molecule has 1 N–H and O–H groups in total. The van der Waals surface area contributed by atoms with Gasteiger partial charge in [0.1, 0.15) is 11.5 Å². The predicted molar refractivity (Wildman–Crippen MR) is 107 cm³/mol. The van der Waals surface area contributed by atoms with E-state index in [0.717, 1.165) is 12.8 Å². The molecule has 1 aliphatic rings. The molecule has 0 aromatic heterocycles. The molecule has 1 aliphatic heterocycles. The van der Waals surface area contributed by atoms with Crippen LogP contribution in [0.5, 0.6) is 11.5 Å². The van der Waals surface area contributed by atoms with E-state index in [9.17, 15) is 13.2 Å². The van der Waals surface area contributed by atoms with E-state index in [-0.39, 0.29) is 16.4 Å². The maximum atomic E-state index is 12.9. The molecule has 0 saturated carbocycles. The highest BCUT2D eigenvalue weighted by Crippen LogP contribution is 2.29. The Morgan fingerprint density at radius 3 is 2.50 bits per heavy atom. The monoisotopic (exact) mass is 404 g/mol. The second-order valence-electron chi connectivity index (χ2n) is 6.40. The molecular weight excluding hydrogens is 380 g/mol. The van der Waals surface area contributed by atoms with Crippen LogP contribution >= 0.6 is 0 Å². The molecule has 8 heteroatoms. The number of hydrogen-bond acceptors (Lipinski definition) is 5. The first kappa shape index (κ1) is 20.0. The van der Waals surface area contributed by atoms with Crippen molar-refractivity contribution in [3.8, 4) is 11.5 Å². The Hall–Kier alpha value is -2.74. The molecule has 0 bridgehead atoms. The van der Waals surface area contributed by atoms with E-state index < -0.39 is 10.0 Å². The minimum atomic E-state index is -3.91. The summed E-state index contributed by atoms with van der Waals surface area (Å²) >= 11 is 0. The number of rotatable bonds is 7. The van der Waals surface area contributed by atoms with Crippen molar-refractivity contribution in [1.29, 1.82) is 0 Å². The summed E-state index contributed by atoms with van der Waals surface area (Å²) in [6, 6.07) is 11.1. The Morgan fingerprint density at radius 2 is 1.82 bits per heavy atom. The molecule has 2 aromatic rings. The number of ether oxygens (including phenoxy) is 2. The normalized spacial score (nSPS) is 14.0. The van der Waals surface area contributed by atoms with Crippen LogP contribution in [-0.2, 0) is 10.0 Å². The second kappa shape index (κ2) is 8.52. The number of nitrogens with one attached hydrogen (secondary N) is 1. The predicted octanol–water partition coefficient (Wildman–Crippen LogP) is 3.13. The third-order valence-corrected chi connectivity index (χ3v) is 5.90. The average Bonchev–Trinajstić information content (AvgIpc) is 3.23. The molecule has 2 aromatic carbocycles. The summed E-state index contributed by atoms with van der Waals surface area (Å²) in [6.45, 7) is 3.57. The highest BCUT2D eigenvalue weighted by molar-refractivity contribution is 7.92. The van der Waals surface area contributed by atoms with Crippen molar-refractivity contribution >= 4 is 21.6 Å². The highest BCUT2D eigenvalue weighted by Gasteiger charge is 2.25. The van der Waals surface area contributed by atoms with Gasteiger partial charge in [-0.15, -0.1) is 0 Å². The van der Waals surface area contributed by atoms with Crippen LogP contribution in [0.15, 0.2) is 47.4 Å². The number of methoxy groups -OCH3 is 1. The van der Waals surface area contributed by atoms with Crippen LogP contribution in [0, 0.1) is 0 Å². The third kappa shape index (κ3) is 4.22. The Labute approximate surface area is 165 Å². The van der Waals surface area contributed by atoms with Gasteiger partial charge >= 0.3 is 0 Å².